The maximum absolute atomic E-state index is 13.1. The Morgan fingerprint density at radius 3 is 2.27 bits per heavy atom. The molecule has 10 atom stereocenters. The van der Waals surface area contributed by atoms with Crippen LogP contribution in [-0.2, 0) is 9.47 Å². The smallest absolute Gasteiger partial charge is 0.229 e. The van der Waals surface area contributed by atoms with E-state index in [1.165, 1.54) is 18.2 Å². The lowest BCUT2D eigenvalue weighted by Gasteiger charge is -2.39. The second-order valence-corrected chi connectivity index (χ2v) is 10.3. The molecule has 40 heavy (non-hydrogen) atoms. The van der Waals surface area contributed by atoms with Crippen LogP contribution < -0.4 is 9.47 Å². The van der Waals surface area contributed by atoms with E-state index in [0.717, 1.165) is 0 Å². The van der Waals surface area contributed by atoms with Gasteiger partial charge in [-0.1, -0.05) is 12.1 Å². The van der Waals surface area contributed by atoms with Crippen molar-refractivity contribution in [2.45, 2.75) is 81.0 Å². The van der Waals surface area contributed by atoms with Gasteiger partial charge in [-0.3, -0.25) is 4.79 Å². The molecule has 0 saturated carbocycles. The van der Waals surface area contributed by atoms with E-state index < -0.39 is 85.1 Å². The molecule has 0 radical (unpaired) electrons. The molecule has 0 amide bonds. The number of rotatable bonds is 5. The van der Waals surface area contributed by atoms with E-state index >= 15 is 0 Å². The lowest BCUT2D eigenvalue weighted by atomic mass is 9.89. The minimum Gasteiger partial charge on any atom is -0.507 e. The van der Waals surface area contributed by atoms with Crippen molar-refractivity contribution in [1.29, 1.82) is 0 Å². The van der Waals surface area contributed by atoms with Gasteiger partial charge >= 0.3 is 0 Å². The van der Waals surface area contributed by atoms with Crippen LogP contribution in [0.3, 0.4) is 0 Å². The number of benzene rings is 2. The van der Waals surface area contributed by atoms with E-state index in [2.05, 4.69) is 0 Å². The third-order valence-corrected chi connectivity index (χ3v) is 7.59. The molecule has 13 heteroatoms. The van der Waals surface area contributed by atoms with E-state index in [9.17, 15) is 45.6 Å². The summed E-state index contributed by atoms with van der Waals surface area (Å²) in [5.74, 6) is -1.16. The van der Waals surface area contributed by atoms with Crippen LogP contribution in [0.25, 0.3) is 0 Å². The molecular weight excluding hydrogens is 532 g/mol. The molecule has 13 nitrogen and oxygen atoms in total. The summed E-state index contributed by atoms with van der Waals surface area (Å²) in [4.78, 5) is 13.1. The van der Waals surface area contributed by atoms with Crippen molar-refractivity contribution in [3.8, 4) is 23.0 Å². The maximum atomic E-state index is 13.1. The monoisotopic (exact) mass is 564 g/mol. The third kappa shape index (κ3) is 5.10. The molecule has 2 fully saturated rings. The molecule has 0 spiro atoms. The van der Waals surface area contributed by atoms with Crippen molar-refractivity contribution >= 4 is 5.78 Å². The third-order valence-electron chi connectivity index (χ3n) is 7.59. The van der Waals surface area contributed by atoms with Crippen molar-refractivity contribution in [3.05, 3.63) is 47.0 Å². The summed E-state index contributed by atoms with van der Waals surface area (Å²) in [5, 5.41) is 81.1. The average molecular weight is 565 g/mol. The highest BCUT2D eigenvalue weighted by Crippen LogP contribution is 2.49. The van der Waals surface area contributed by atoms with Crippen molar-refractivity contribution in [1.82, 2.24) is 0 Å². The van der Waals surface area contributed by atoms with Crippen molar-refractivity contribution in [2.24, 2.45) is 0 Å². The van der Waals surface area contributed by atoms with E-state index in [-0.39, 0.29) is 35.5 Å². The molecule has 0 aromatic heterocycles. The lowest BCUT2D eigenvalue weighted by Crippen LogP contribution is -2.60. The molecule has 2 aromatic carbocycles. The molecule has 3 aliphatic heterocycles. The Kier molecular flexibility index (Phi) is 7.92. The number of hydrogen-bond acceptors (Lipinski definition) is 13. The molecule has 3 aliphatic rings. The Balaban J connectivity index is 1.32. The fraction of sp³-hybridized carbons (Fsp3) is 0.519. The second-order valence-electron chi connectivity index (χ2n) is 10.3. The number of hydrogen-bond donors (Lipinski definition) is 8. The summed E-state index contributed by atoms with van der Waals surface area (Å²) in [6.45, 7) is 0.953. The summed E-state index contributed by atoms with van der Waals surface area (Å²) in [6, 6.07) is 7.43. The number of fused-ring (bicyclic) bond motifs is 1. The first-order valence-corrected chi connectivity index (χ1v) is 12.9. The van der Waals surface area contributed by atoms with Gasteiger partial charge in [-0.05, 0) is 24.6 Å². The first kappa shape index (κ1) is 28.5. The average Bonchev–Trinajstić information content (AvgIpc) is 2.91. The van der Waals surface area contributed by atoms with Gasteiger partial charge in [-0.2, -0.15) is 0 Å². The van der Waals surface area contributed by atoms with Crippen LogP contribution in [-0.4, -0.2) is 102 Å². The molecule has 2 saturated heterocycles. The number of phenolic OH excluding ortho intramolecular Hbond substituents is 2. The highest BCUT2D eigenvalue weighted by molar-refractivity contribution is 6.03. The molecule has 3 heterocycles. The predicted octanol–water partition coefficient (Wildman–Crippen LogP) is -0.445. The fourth-order valence-electron chi connectivity index (χ4n) is 5.29. The minimum atomic E-state index is -1.59. The lowest BCUT2D eigenvalue weighted by molar-refractivity contribution is -0.277. The molecule has 5 rings (SSSR count). The van der Waals surface area contributed by atoms with Crippen LogP contribution in [0.5, 0.6) is 23.0 Å². The molecular formula is C27H32O13. The number of carbonyl (C=O) groups is 1. The minimum absolute atomic E-state index is 0.0360. The second kappa shape index (κ2) is 11.1. The zero-order chi connectivity index (χ0) is 28.9. The predicted molar refractivity (Wildman–Crippen MR) is 133 cm³/mol. The van der Waals surface area contributed by atoms with Gasteiger partial charge in [0.25, 0.3) is 0 Å². The largest absolute Gasteiger partial charge is 0.507 e. The van der Waals surface area contributed by atoms with Crippen LogP contribution >= 0.6 is 0 Å². The zero-order valence-electron chi connectivity index (χ0n) is 21.4. The number of carbonyl (C=O) groups excluding carboxylic acids is 1. The van der Waals surface area contributed by atoms with Gasteiger partial charge in [0.2, 0.25) is 6.29 Å². The molecule has 8 N–H and O–H groups in total. The first-order valence-electron chi connectivity index (χ1n) is 12.9. The van der Waals surface area contributed by atoms with Crippen LogP contribution in [0.2, 0.25) is 0 Å². The first-order chi connectivity index (χ1) is 19.0. The van der Waals surface area contributed by atoms with Gasteiger partial charge in [0.15, 0.2) is 5.78 Å². The quantitative estimate of drug-likeness (QED) is 0.231. The van der Waals surface area contributed by atoms with Gasteiger partial charge in [0, 0.05) is 12.5 Å². The van der Waals surface area contributed by atoms with E-state index in [1.54, 1.807) is 19.1 Å². The Morgan fingerprint density at radius 2 is 1.62 bits per heavy atom. The molecule has 218 valence electrons. The van der Waals surface area contributed by atoms with Gasteiger partial charge in [-0.15, -0.1) is 0 Å². The SMILES string of the molecule is C[C@@H]1O[C@H](c2c(O)cc3c(c2O)C(=O)CC(c2ccc(O[C@@H]4O[C@H](CO)[C@@H](O)[C@H](O)[C@H]4O)cc2)O3)C[C@@H](O)[C@@H]1O. The Bertz CT molecular complexity index is 1220. The number of phenols is 2. The van der Waals surface area contributed by atoms with Crippen LogP contribution in [0.1, 0.15) is 53.5 Å². The molecule has 2 aromatic rings. The van der Waals surface area contributed by atoms with Crippen molar-refractivity contribution in [3.63, 3.8) is 0 Å². The number of aliphatic hydroxyl groups is 6. The van der Waals surface area contributed by atoms with Gasteiger partial charge in [0.05, 0.1) is 36.9 Å². The van der Waals surface area contributed by atoms with Crippen LogP contribution in [0, 0.1) is 0 Å². The Morgan fingerprint density at radius 1 is 0.925 bits per heavy atom. The highest BCUT2D eigenvalue weighted by Gasteiger charge is 2.45. The highest BCUT2D eigenvalue weighted by atomic mass is 16.7. The van der Waals surface area contributed by atoms with Crippen molar-refractivity contribution in [2.75, 3.05) is 6.61 Å². The zero-order valence-corrected chi connectivity index (χ0v) is 21.4. The summed E-state index contributed by atoms with van der Waals surface area (Å²) in [5.41, 5.74) is 0.370. The Hall–Kier alpha value is -3.01. The van der Waals surface area contributed by atoms with Crippen LogP contribution in [0.4, 0.5) is 0 Å². The van der Waals surface area contributed by atoms with E-state index in [4.69, 9.17) is 18.9 Å². The fourth-order valence-corrected chi connectivity index (χ4v) is 5.29. The van der Waals surface area contributed by atoms with Crippen molar-refractivity contribution < 1.29 is 64.6 Å². The topological polar surface area (TPSA) is 216 Å². The number of Topliss-reactive ketones (excluding diaryl/α,β-unsaturated/α-hetero) is 1. The summed E-state index contributed by atoms with van der Waals surface area (Å²) in [6.07, 6.45) is -12.2. The molecule has 0 aliphatic carbocycles. The number of aromatic hydroxyl groups is 2. The summed E-state index contributed by atoms with van der Waals surface area (Å²) in [7, 11) is 0. The van der Waals surface area contributed by atoms with E-state index in [0.29, 0.717) is 5.56 Å². The van der Waals surface area contributed by atoms with Gasteiger partial charge in [0.1, 0.15) is 65.2 Å². The number of ether oxygens (including phenoxy) is 4. The maximum Gasteiger partial charge on any atom is 0.229 e. The van der Waals surface area contributed by atoms with E-state index in [1.807, 2.05) is 0 Å². The van der Waals surface area contributed by atoms with Gasteiger partial charge < -0.3 is 59.8 Å². The summed E-state index contributed by atoms with van der Waals surface area (Å²) >= 11 is 0. The summed E-state index contributed by atoms with van der Waals surface area (Å²) < 4.78 is 22.6. The van der Waals surface area contributed by atoms with Crippen LogP contribution in [0.15, 0.2) is 30.3 Å². The number of aliphatic hydroxyl groups excluding tert-OH is 6. The number of ketones is 1. The normalized spacial score (nSPS) is 36.0. The molecule has 0 bridgehead atoms. The van der Waals surface area contributed by atoms with Gasteiger partial charge in [-0.25, -0.2) is 0 Å². The standard InChI is InChI=1S/C27H32O13/c1-10-22(32)15(31)8-17(37-10)20-14(30)7-18-21(24(20)34)13(29)6-16(39-18)11-2-4-12(5-3-11)38-27-26(36)25(35)23(33)19(9-28)40-27/h2-5,7,10,15-17,19,22-23,25-28,30-36H,6,8-9H2,1H3/t10-,15+,16?,17-,19+,22+,23+,25-,26+,27+/m0/s1. The molecule has 1 unspecified atom stereocenters. The Labute approximate surface area is 228 Å².